The molecule has 2 nitrogen and oxygen atoms in total. The van der Waals surface area contributed by atoms with Crippen LogP contribution in [0.3, 0.4) is 0 Å². The minimum absolute atomic E-state index is 0.0585. The van der Waals surface area contributed by atoms with Crippen molar-refractivity contribution < 1.29 is 9.47 Å². The zero-order chi connectivity index (χ0) is 20.1. The van der Waals surface area contributed by atoms with Crippen molar-refractivity contribution in [2.45, 2.75) is 75.5 Å². The maximum absolute atomic E-state index is 5.63. The average molecular weight is 411 g/mol. The second-order valence-electron chi connectivity index (χ2n) is 8.58. The maximum Gasteiger partial charge on any atom is 0.130 e. The summed E-state index contributed by atoms with van der Waals surface area (Å²) in [5, 5.41) is 1.62. The van der Waals surface area contributed by atoms with Crippen LogP contribution in [0.5, 0.6) is 11.5 Å². The van der Waals surface area contributed by atoms with Crippen molar-refractivity contribution in [3.05, 3.63) is 42.5 Å². The largest absolute Gasteiger partial charge is 0.496 e. The van der Waals surface area contributed by atoms with Crippen LogP contribution in [-0.2, 0) is 0 Å². The van der Waals surface area contributed by atoms with Crippen LogP contribution in [0.15, 0.2) is 42.5 Å². The minimum Gasteiger partial charge on any atom is -0.496 e. The van der Waals surface area contributed by atoms with E-state index < -0.39 is 0 Å². The standard InChI is InChI=1S/C26H35O2P/c1-27-24-14-9-15-25(28-2)26(24)20-16-18-23(19-17-20)29(21-10-5-3-6-11-21)22-12-7-4-8-13-22/h9,14-19,21-22H,3-8,10-13H2,1-2H3. The first-order valence-corrected chi connectivity index (χ1v) is 12.9. The number of ether oxygens (including phenoxy) is 2. The third-order valence-corrected chi connectivity index (χ3v) is 10.3. The van der Waals surface area contributed by atoms with E-state index in [2.05, 4.69) is 24.3 Å². The van der Waals surface area contributed by atoms with E-state index in [0.29, 0.717) is 0 Å². The smallest absolute Gasteiger partial charge is 0.130 e. The van der Waals surface area contributed by atoms with Gasteiger partial charge in [0.05, 0.1) is 19.8 Å². The molecule has 2 fully saturated rings. The van der Waals surface area contributed by atoms with Crippen LogP contribution in [0.25, 0.3) is 11.1 Å². The zero-order valence-electron chi connectivity index (χ0n) is 18.0. The van der Waals surface area contributed by atoms with E-state index in [1.807, 2.05) is 18.2 Å². The Bertz CT molecular complexity index is 734. The van der Waals surface area contributed by atoms with Crippen LogP contribution in [0.1, 0.15) is 64.2 Å². The Labute approximate surface area is 177 Å². The number of benzene rings is 2. The third kappa shape index (κ3) is 4.64. The monoisotopic (exact) mass is 410 g/mol. The molecule has 4 rings (SSSR count). The summed E-state index contributed by atoms with van der Waals surface area (Å²) in [6.45, 7) is 0. The van der Waals surface area contributed by atoms with Gasteiger partial charge in [-0.25, -0.2) is 0 Å². The summed E-state index contributed by atoms with van der Waals surface area (Å²) in [6, 6.07) is 15.5. The molecule has 0 bridgehead atoms. The molecule has 0 spiro atoms. The van der Waals surface area contributed by atoms with Crippen LogP contribution in [0.2, 0.25) is 0 Å². The molecule has 0 saturated heterocycles. The zero-order valence-corrected chi connectivity index (χ0v) is 18.9. The second-order valence-corrected chi connectivity index (χ2v) is 11.4. The van der Waals surface area contributed by atoms with Crippen LogP contribution in [-0.4, -0.2) is 25.5 Å². The molecule has 0 atom stereocenters. The highest BCUT2D eigenvalue weighted by atomic mass is 31.1. The van der Waals surface area contributed by atoms with Gasteiger partial charge in [0.25, 0.3) is 0 Å². The summed E-state index contributed by atoms with van der Waals surface area (Å²) >= 11 is 0. The Balaban J connectivity index is 1.65. The number of hydrogen-bond donors (Lipinski definition) is 0. The summed E-state index contributed by atoms with van der Waals surface area (Å²) in [4.78, 5) is 0. The summed E-state index contributed by atoms with van der Waals surface area (Å²) in [5.41, 5.74) is 4.12. The Morgan fingerprint density at radius 1 is 0.655 bits per heavy atom. The molecule has 0 unspecified atom stereocenters. The van der Waals surface area contributed by atoms with E-state index in [0.717, 1.165) is 28.4 Å². The number of methoxy groups -OCH3 is 2. The van der Waals surface area contributed by atoms with Gasteiger partial charge in [-0.05, 0) is 60.0 Å². The van der Waals surface area contributed by atoms with E-state index in [-0.39, 0.29) is 7.92 Å². The maximum atomic E-state index is 5.63. The van der Waals surface area contributed by atoms with Crippen molar-refractivity contribution >= 4 is 13.2 Å². The van der Waals surface area contributed by atoms with E-state index in [1.54, 1.807) is 19.5 Å². The van der Waals surface area contributed by atoms with Crippen molar-refractivity contribution in [1.82, 2.24) is 0 Å². The van der Waals surface area contributed by atoms with E-state index in [9.17, 15) is 0 Å². The second kappa shape index (κ2) is 9.98. The molecule has 0 heterocycles. The fraction of sp³-hybridized carbons (Fsp3) is 0.538. The summed E-state index contributed by atoms with van der Waals surface area (Å²) in [7, 11) is 3.41. The molecule has 0 radical (unpaired) electrons. The highest BCUT2D eigenvalue weighted by Crippen LogP contribution is 2.55. The molecule has 2 aliphatic rings. The molecule has 2 aromatic carbocycles. The van der Waals surface area contributed by atoms with Gasteiger partial charge in [-0.2, -0.15) is 0 Å². The summed E-state index contributed by atoms with van der Waals surface area (Å²) in [6.07, 6.45) is 14.4. The predicted octanol–water partition coefficient (Wildman–Crippen LogP) is 7.14. The quantitative estimate of drug-likeness (QED) is 0.471. The fourth-order valence-corrected chi connectivity index (χ4v) is 9.15. The van der Waals surface area contributed by atoms with E-state index in [4.69, 9.17) is 9.47 Å². The lowest BCUT2D eigenvalue weighted by atomic mass is 9.99. The van der Waals surface area contributed by atoms with E-state index in [1.165, 1.54) is 69.8 Å². The minimum atomic E-state index is -0.0585. The van der Waals surface area contributed by atoms with Gasteiger partial charge in [-0.1, -0.05) is 76.8 Å². The van der Waals surface area contributed by atoms with Gasteiger partial charge in [0.2, 0.25) is 0 Å². The van der Waals surface area contributed by atoms with Crippen molar-refractivity contribution in [2.75, 3.05) is 14.2 Å². The van der Waals surface area contributed by atoms with Gasteiger partial charge in [-0.15, -0.1) is 0 Å². The molecule has 2 aromatic rings. The van der Waals surface area contributed by atoms with Crippen LogP contribution < -0.4 is 14.8 Å². The van der Waals surface area contributed by atoms with Crippen LogP contribution in [0.4, 0.5) is 0 Å². The van der Waals surface area contributed by atoms with Gasteiger partial charge in [0, 0.05) is 0 Å². The molecule has 3 heteroatoms. The van der Waals surface area contributed by atoms with Gasteiger partial charge >= 0.3 is 0 Å². The first-order valence-electron chi connectivity index (χ1n) is 11.4. The predicted molar refractivity (Wildman–Crippen MR) is 125 cm³/mol. The third-order valence-electron chi connectivity index (χ3n) is 6.82. The SMILES string of the molecule is COc1cccc(OC)c1-c1ccc(P(C2CCCCC2)C2CCCCC2)cc1. The van der Waals surface area contributed by atoms with Gasteiger partial charge in [-0.3, -0.25) is 0 Å². The molecule has 2 aliphatic carbocycles. The topological polar surface area (TPSA) is 18.5 Å². The summed E-state index contributed by atoms with van der Waals surface area (Å²) in [5.74, 6) is 1.75. The molecule has 0 N–H and O–H groups in total. The first kappa shape index (κ1) is 20.7. The van der Waals surface area contributed by atoms with Crippen molar-refractivity contribution in [1.29, 1.82) is 0 Å². The Morgan fingerprint density at radius 3 is 1.59 bits per heavy atom. The normalized spacial score (nSPS) is 18.7. The molecule has 0 aromatic heterocycles. The molecule has 0 aliphatic heterocycles. The highest BCUT2D eigenvalue weighted by Gasteiger charge is 2.32. The number of hydrogen-bond acceptors (Lipinski definition) is 2. The lowest BCUT2D eigenvalue weighted by molar-refractivity contribution is 0.397. The van der Waals surface area contributed by atoms with Crippen LogP contribution in [0, 0.1) is 0 Å². The molecule has 2 saturated carbocycles. The van der Waals surface area contributed by atoms with Gasteiger partial charge in [0.1, 0.15) is 11.5 Å². The molecule has 156 valence electrons. The summed E-state index contributed by atoms with van der Waals surface area (Å²) < 4.78 is 11.3. The fourth-order valence-electron chi connectivity index (χ4n) is 5.37. The van der Waals surface area contributed by atoms with Crippen molar-refractivity contribution in [2.24, 2.45) is 0 Å². The average Bonchev–Trinajstić information content (AvgIpc) is 2.80. The van der Waals surface area contributed by atoms with Gasteiger partial charge < -0.3 is 9.47 Å². The Kier molecular flexibility index (Phi) is 7.14. The molecular weight excluding hydrogens is 375 g/mol. The van der Waals surface area contributed by atoms with E-state index >= 15 is 0 Å². The molecule has 29 heavy (non-hydrogen) atoms. The highest BCUT2D eigenvalue weighted by molar-refractivity contribution is 7.67. The van der Waals surface area contributed by atoms with Crippen molar-refractivity contribution in [3.63, 3.8) is 0 Å². The first-order chi connectivity index (χ1) is 14.3. The molecular formula is C26H35O2P. The number of rotatable bonds is 6. The molecule has 0 amide bonds. The Morgan fingerprint density at radius 2 is 1.14 bits per heavy atom. The lowest BCUT2D eigenvalue weighted by Gasteiger charge is -2.38. The van der Waals surface area contributed by atoms with Gasteiger partial charge in [0.15, 0.2) is 0 Å². The van der Waals surface area contributed by atoms with Crippen LogP contribution >= 0.6 is 7.92 Å². The Hall–Kier alpha value is -1.53. The lowest BCUT2D eigenvalue weighted by Crippen LogP contribution is -2.26. The van der Waals surface area contributed by atoms with Crippen molar-refractivity contribution in [3.8, 4) is 22.6 Å².